The summed E-state index contributed by atoms with van der Waals surface area (Å²) in [6.07, 6.45) is 3.18. The molecule has 0 saturated carbocycles. The molecule has 4 nitrogen and oxygen atoms in total. The first-order chi connectivity index (χ1) is 8.82. The van der Waals surface area contributed by atoms with E-state index in [4.69, 9.17) is 4.74 Å². The van der Waals surface area contributed by atoms with Gasteiger partial charge in [0, 0.05) is 12.3 Å². The highest BCUT2D eigenvalue weighted by Crippen LogP contribution is 2.49. The molecule has 2 aliphatic heterocycles. The number of ether oxygens (including phenoxy) is 1. The smallest absolute Gasteiger partial charge is 0.230 e. The molecule has 108 valence electrons. The molecular weight excluding hydrogens is 242 g/mol. The van der Waals surface area contributed by atoms with Crippen molar-refractivity contribution in [2.24, 2.45) is 17.3 Å². The number of imide groups is 1. The molecular formula is C15H25NO3. The molecule has 0 aromatic heterocycles. The molecule has 19 heavy (non-hydrogen) atoms. The van der Waals surface area contributed by atoms with E-state index >= 15 is 0 Å². The molecule has 0 bridgehead atoms. The minimum absolute atomic E-state index is 0.0565. The van der Waals surface area contributed by atoms with Crippen LogP contribution in [0.2, 0.25) is 0 Å². The van der Waals surface area contributed by atoms with E-state index in [1.807, 2.05) is 13.8 Å². The van der Waals surface area contributed by atoms with Crippen LogP contribution in [0.25, 0.3) is 0 Å². The van der Waals surface area contributed by atoms with E-state index in [1.165, 1.54) is 0 Å². The predicted molar refractivity (Wildman–Crippen MR) is 72.4 cm³/mol. The van der Waals surface area contributed by atoms with Gasteiger partial charge in [-0.15, -0.1) is 0 Å². The zero-order valence-corrected chi connectivity index (χ0v) is 12.4. The molecule has 0 radical (unpaired) electrons. The lowest BCUT2D eigenvalue weighted by atomic mass is 9.61. The minimum Gasteiger partial charge on any atom is -0.376 e. The zero-order chi connectivity index (χ0) is 14.2. The molecule has 2 fully saturated rings. The number of piperidine rings is 1. The molecule has 0 aliphatic carbocycles. The van der Waals surface area contributed by atoms with E-state index in [-0.39, 0.29) is 35.4 Å². The van der Waals surface area contributed by atoms with E-state index in [2.05, 4.69) is 19.2 Å². The van der Waals surface area contributed by atoms with Gasteiger partial charge in [-0.25, -0.2) is 0 Å². The van der Waals surface area contributed by atoms with Crippen LogP contribution in [-0.4, -0.2) is 24.0 Å². The van der Waals surface area contributed by atoms with Gasteiger partial charge in [-0.2, -0.15) is 0 Å². The van der Waals surface area contributed by atoms with Crippen molar-refractivity contribution in [3.8, 4) is 0 Å². The number of amides is 2. The first kappa shape index (κ1) is 14.5. The van der Waals surface area contributed by atoms with Crippen molar-refractivity contribution in [1.82, 2.24) is 5.32 Å². The summed E-state index contributed by atoms with van der Waals surface area (Å²) in [5, 5.41) is 2.52. The summed E-state index contributed by atoms with van der Waals surface area (Å²) in [6, 6.07) is 0. The minimum atomic E-state index is -0.194. The summed E-state index contributed by atoms with van der Waals surface area (Å²) >= 11 is 0. The highest BCUT2D eigenvalue weighted by molar-refractivity contribution is 5.99. The van der Waals surface area contributed by atoms with Crippen LogP contribution in [0.1, 0.15) is 53.4 Å². The van der Waals surface area contributed by atoms with Crippen LogP contribution in [0.3, 0.4) is 0 Å². The average molecular weight is 267 g/mol. The number of rotatable bonds is 2. The number of carbonyl (C=O) groups is 2. The SMILES string of the molecule is CC(C)CC1C(=O)NC(=O)CC12CC(C)OC(C)C2. The maximum Gasteiger partial charge on any atom is 0.230 e. The Morgan fingerprint density at radius 1 is 1.26 bits per heavy atom. The lowest BCUT2D eigenvalue weighted by molar-refractivity contribution is -0.159. The summed E-state index contributed by atoms with van der Waals surface area (Å²) < 4.78 is 5.79. The van der Waals surface area contributed by atoms with Gasteiger partial charge in [0.2, 0.25) is 11.8 Å². The fourth-order valence-electron chi connectivity index (χ4n) is 3.97. The Morgan fingerprint density at radius 2 is 1.84 bits per heavy atom. The number of hydrogen-bond acceptors (Lipinski definition) is 3. The van der Waals surface area contributed by atoms with Crippen molar-refractivity contribution in [2.45, 2.75) is 65.6 Å². The van der Waals surface area contributed by atoms with E-state index < -0.39 is 0 Å². The Morgan fingerprint density at radius 3 is 2.37 bits per heavy atom. The number of carbonyl (C=O) groups excluding carboxylic acids is 2. The van der Waals surface area contributed by atoms with Gasteiger partial charge in [-0.1, -0.05) is 13.8 Å². The second-order valence-electron chi connectivity index (χ2n) is 6.80. The molecule has 3 atom stereocenters. The third kappa shape index (κ3) is 2.99. The topological polar surface area (TPSA) is 55.4 Å². The maximum absolute atomic E-state index is 12.3. The van der Waals surface area contributed by atoms with Crippen LogP contribution in [0.4, 0.5) is 0 Å². The van der Waals surface area contributed by atoms with E-state index in [0.717, 1.165) is 19.3 Å². The molecule has 2 heterocycles. The summed E-state index contributed by atoms with van der Waals surface area (Å²) in [6.45, 7) is 8.34. The second kappa shape index (κ2) is 5.23. The van der Waals surface area contributed by atoms with Crippen LogP contribution in [0.15, 0.2) is 0 Å². The molecule has 2 rings (SSSR count). The molecule has 3 unspecified atom stereocenters. The highest BCUT2D eigenvalue weighted by Gasteiger charge is 2.51. The lowest BCUT2D eigenvalue weighted by Gasteiger charge is -2.49. The van der Waals surface area contributed by atoms with Gasteiger partial charge in [0.25, 0.3) is 0 Å². The van der Waals surface area contributed by atoms with Crippen LogP contribution < -0.4 is 5.32 Å². The van der Waals surface area contributed by atoms with Crippen LogP contribution in [-0.2, 0) is 14.3 Å². The largest absolute Gasteiger partial charge is 0.376 e. The lowest BCUT2D eigenvalue weighted by Crippen LogP contribution is -2.56. The fourth-order valence-corrected chi connectivity index (χ4v) is 3.97. The normalized spacial score (nSPS) is 39.7. The van der Waals surface area contributed by atoms with Crippen molar-refractivity contribution in [1.29, 1.82) is 0 Å². The molecule has 2 aliphatic rings. The number of hydrogen-bond donors (Lipinski definition) is 1. The Bertz CT molecular complexity index is 368. The molecule has 2 amide bonds. The van der Waals surface area contributed by atoms with Crippen molar-refractivity contribution in [3.05, 3.63) is 0 Å². The molecule has 0 aromatic carbocycles. The maximum atomic E-state index is 12.3. The van der Waals surface area contributed by atoms with Gasteiger partial charge >= 0.3 is 0 Å². The average Bonchev–Trinajstić information content (AvgIpc) is 2.21. The van der Waals surface area contributed by atoms with Gasteiger partial charge in [0.05, 0.1) is 12.2 Å². The molecule has 1 spiro atoms. The molecule has 4 heteroatoms. The molecule has 0 aromatic rings. The Balaban J connectivity index is 2.30. The predicted octanol–water partition coefficient (Wildman–Crippen LogP) is 2.27. The summed E-state index contributed by atoms with van der Waals surface area (Å²) in [7, 11) is 0. The zero-order valence-electron chi connectivity index (χ0n) is 12.4. The summed E-state index contributed by atoms with van der Waals surface area (Å²) in [4.78, 5) is 24.1. The standard InChI is InChI=1S/C15H25NO3/c1-9(2)5-12-14(18)16-13(17)8-15(12)6-10(3)19-11(4)7-15/h9-12H,5-8H2,1-4H3,(H,16,17,18). The summed E-state index contributed by atoms with van der Waals surface area (Å²) in [5.41, 5.74) is -0.194. The van der Waals surface area contributed by atoms with Gasteiger partial charge < -0.3 is 4.74 Å². The second-order valence-corrected chi connectivity index (χ2v) is 6.80. The van der Waals surface area contributed by atoms with Crippen molar-refractivity contribution in [2.75, 3.05) is 0 Å². The van der Waals surface area contributed by atoms with Crippen LogP contribution in [0, 0.1) is 17.3 Å². The van der Waals surface area contributed by atoms with Gasteiger partial charge in [-0.3, -0.25) is 14.9 Å². The number of nitrogens with one attached hydrogen (secondary N) is 1. The first-order valence-electron chi connectivity index (χ1n) is 7.31. The summed E-state index contributed by atoms with van der Waals surface area (Å²) in [5.74, 6) is 0.200. The highest BCUT2D eigenvalue weighted by atomic mass is 16.5. The van der Waals surface area contributed by atoms with Gasteiger partial charge in [0.1, 0.15) is 0 Å². The Hall–Kier alpha value is -0.900. The van der Waals surface area contributed by atoms with Crippen LogP contribution >= 0.6 is 0 Å². The third-order valence-corrected chi connectivity index (χ3v) is 4.39. The van der Waals surface area contributed by atoms with Gasteiger partial charge in [-0.05, 0) is 44.4 Å². The van der Waals surface area contributed by atoms with Crippen molar-refractivity contribution in [3.63, 3.8) is 0 Å². The Labute approximate surface area is 115 Å². The van der Waals surface area contributed by atoms with Gasteiger partial charge in [0.15, 0.2) is 0 Å². The van der Waals surface area contributed by atoms with E-state index in [9.17, 15) is 9.59 Å². The Kier molecular flexibility index (Phi) is 4.00. The quantitative estimate of drug-likeness (QED) is 0.781. The third-order valence-electron chi connectivity index (χ3n) is 4.39. The van der Waals surface area contributed by atoms with Crippen molar-refractivity contribution >= 4 is 11.8 Å². The molecule has 2 saturated heterocycles. The van der Waals surface area contributed by atoms with E-state index in [1.54, 1.807) is 0 Å². The monoisotopic (exact) mass is 267 g/mol. The van der Waals surface area contributed by atoms with Crippen LogP contribution in [0.5, 0.6) is 0 Å². The fraction of sp³-hybridized carbons (Fsp3) is 0.867. The van der Waals surface area contributed by atoms with E-state index in [0.29, 0.717) is 12.3 Å². The van der Waals surface area contributed by atoms with Crippen molar-refractivity contribution < 1.29 is 14.3 Å². The first-order valence-corrected chi connectivity index (χ1v) is 7.31. The molecule has 1 N–H and O–H groups in total.